The van der Waals surface area contributed by atoms with Crippen molar-refractivity contribution < 1.29 is 18.0 Å². The Morgan fingerprint density at radius 3 is 2.23 bits per heavy atom. The minimum atomic E-state index is -4.41. The van der Waals surface area contributed by atoms with Crippen LogP contribution in [0, 0.1) is 0 Å². The third-order valence-electron chi connectivity index (χ3n) is 5.02. The Bertz CT molecular complexity index is 995. The van der Waals surface area contributed by atoms with E-state index in [9.17, 15) is 18.0 Å². The molecule has 4 rings (SSSR count). The molecule has 1 amide bonds. The molecule has 0 radical (unpaired) electrons. The SMILES string of the molecule is O=C(c1ccc(C(F)(F)F)cc1)N1CCN(Cc2nnnn2-c2ccccc2)CC1. The van der Waals surface area contributed by atoms with E-state index in [0.717, 1.165) is 17.8 Å². The summed E-state index contributed by atoms with van der Waals surface area (Å²) in [5, 5.41) is 11.9. The molecule has 1 aliphatic rings. The maximum atomic E-state index is 12.7. The number of para-hydroxylation sites is 1. The molecule has 7 nitrogen and oxygen atoms in total. The van der Waals surface area contributed by atoms with Crippen molar-refractivity contribution in [3.63, 3.8) is 0 Å². The second kappa shape index (κ2) is 8.23. The number of rotatable bonds is 4. The van der Waals surface area contributed by atoms with Gasteiger partial charge in [0.2, 0.25) is 0 Å². The van der Waals surface area contributed by atoms with Crippen molar-refractivity contribution in [1.29, 1.82) is 0 Å². The minimum absolute atomic E-state index is 0.254. The molecule has 10 heteroatoms. The van der Waals surface area contributed by atoms with Crippen LogP contribution in [0.3, 0.4) is 0 Å². The predicted molar refractivity (Wildman–Crippen MR) is 102 cm³/mol. The lowest BCUT2D eigenvalue weighted by atomic mass is 10.1. The van der Waals surface area contributed by atoms with E-state index in [0.29, 0.717) is 38.5 Å². The van der Waals surface area contributed by atoms with E-state index in [1.807, 2.05) is 30.3 Å². The molecule has 0 spiro atoms. The number of amides is 1. The first kappa shape index (κ1) is 20.0. The van der Waals surface area contributed by atoms with Crippen molar-refractivity contribution in [2.45, 2.75) is 12.7 Å². The smallest absolute Gasteiger partial charge is 0.336 e. The summed E-state index contributed by atoms with van der Waals surface area (Å²) in [5.74, 6) is 0.432. The van der Waals surface area contributed by atoms with Crippen LogP contribution in [0.2, 0.25) is 0 Å². The maximum absolute atomic E-state index is 12.7. The molecule has 1 saturated heterocycles. The molecule has 1 fully saturated rings. The van der Waals surface area contributed by atoms with Gasteiger partial charge in [0, 0.05) is 31.7 Å². The Balaban J connectivity index is 1.36. The van der Waals surface area contributed by atoms with E-state index in [-0.39, 0.29) is 11.5 Å². The summed E-state index contributed by atoms with van der Waals surface area (Å²) < 4.78 is 39.8. The largest absolute Gasteiger partial charge is 0.416 e. The predicted octanol–water partition coefficient (Wildman–Crippen LogP) is 2.64. The molecule has 156 valence electrons. The number of aromatic nitrogens is 4. The fraction of sp³-hybridized carbons (Fsp3) is 0.300. The first-order valence-electron chi connectivity index (χ1n) is 9.43. The van der Waals surface area contributed by atoms with E-state index in [2.05, 4.69) is 20.4 Å². The van der Waals surface area contributed by atoms with Crippen LogP contribution in [-0.2, 0) is 12.7 Å². The van der Waals surface area contributed by atoms with Gasteiger partial charge >= 0.3 is 6.18 Å². The zero-order valence-electron chi connectivity index (χ0n) is 16.0. The van der Waals surface area contributed by atoms with Gasteiger partial charge in [0.1, 0.15) is 0 Å². The number of carbonyl (C=O) groups is 1. The molecular weight excluding hydrogens is 397 g/mol. The number of nitrogens with zero attached hydrogens (tertiary/aromatic N) is 6. The van der Waals surface area contributed by atoms with E-state index in [4.69, 9.17) is 0 Å². The van der Waals surface area contributed by atoms with Crippen molar-refractivity contribution in [1.82, 2.24) is 30.0 Å². The third kappa shape index (κ3) is 4.33. The van der Waals surface area contributed by atoms with Gasteiger partial charge in [-0.1, -0.05) is 18.2 Å². The van der Waals surface area contributed by atoms with Crippen molar-refractivity contribution in [3.05, 3.63) is 71.5 Å². The molecule has 1 aliphatic heterocycles. The fourth-order valence-corrected chi connectivity index (χ4v) is 3.37. The van der Waals surface area contributed by atoms with Crippen molar-refractivity contribution in [3.8, 4) is 5.69 Å². The number of hydrogen-bond acceptors (Lipinski definition) is 5. The van der Waals surface area contributed by atoms with E-state index < -0.39 is 11.7 Å². The summed E-state index contributed by atoms with van der Waals surface area (Å²) in [7, 11) is 0. The zero-order valence-corrected chi connectivity index (χ0v) is 16.0. The van der Waals surface area contributed by atoms with E-state index in [1.165, 1.54) is 12.1 Å². The quantitative estimate of drug-likeness (QED) is 0.654. The monoisotopic (exact) mass is 416 g/mol. The summed E-state index contributed by atoms with van der Waals surface area (Å²) in [5.41, 5.74) is 0.359. The summed E-state index contributed by atoms with van der Waals surface area (Å²) in [6, 6.07) is 13.9. The van der Waals surface area contributed by atoms with Gasteiger partial charge in [0.05, 0.1) is 17.8 Å². The van der Waals surface area contributed by atoms with Gasteiger partial charge < -0.3 is 4.90 Å². The van der Waals surface area contributed by atoms with Crippen LogP contribution in [0.25, 0.3) is 5.69 Å². The molecule has 30 heavy (non-hydrogen) atoms. The van der Waals surface area contributed by atoms with Crippen LogP contribution >= 0.6 is 0 Å². The zero-order chi connectivity index (χ0) is 21.1. The fourth-order valence-electron chi connectivity index (χ4n) is 3.37. The number of alkyl halides is 3. The molecule has 2 heterocycles. The molecule has 0 aliphatic carbocycles. The summed E-state index contributed by atoms with van der Waals surface area (Å²) in [4.78, 5) is 16.4. The van der Waals surface area contributed by atoms with Crippen LogP contribution in [0.5, 0.6) is 0 Å². The van der Waals surface area contributed by atoms with Gasteiger partial charge in [-0.05, 0) is 46.8 Å². The van der Waals surface area contributed by atoms with Crippen LogP contribution in [0.15, 0.2) is 54.6 Å². The van der Waals surface area contributed by atoms with Gasteiger partial charge in [-0.3, -0.25) is 9.69 Å². The van der Waals surface area contributed by atoms with E-state index in [1.54, 1.807) is 9.58 Å². The lowest BCUT2D eigenvalue weighted by Gasteiger charge is -2.34. The Labute approximate surface area is 170 Å². The summed E-state index contributed by atoms with van der Waals surface area (Å²) in [6.45, 7) is 2.73. The van der Waals surface area contributed by atoms with Crippen LogP contribution in [0.1, 0.15) is 21.7 Å². The minimum Gasteiger partial charge on any atom is -0.336 e. The van der Waals surface area contributed by atoms with Crippen molar-refractivity contribution >= 4 is 5.91 Å². The molecule has 0 atom stereocenters. The molecule has 0 unspecified atom stereocenters. The summed E-state index contributed by atoms with van der Waals surface area (Å²) in [6.07, 6.45) is -4.41. The van der Waals surface area contributed by atoms with Crippen molar-refractivity contribution in [2.75, 3.05) is 26.2 Å². The number of hydrogen-bond donors (Lipinski definition) is 0. The molecule has 0 bridgehead atoms. The Hall–Kier alpha value is -3.27. The Morgan fingerprint density at radius 1 is 0.933 bits per heavy atom. The molecular formula is C20H19F3N6O. The average Bonchev–Trinajstić information content (AvgIpc) is 3.22. The molecule has 0 saturated carbocycles. The highest BCUT2D eigenvalue weighted by Crippen LogP contribution is 2.29. The standard InChI is InChI=1S/C20H19F3N6O/c21-20(22,23)16-8-6-15(7-9-16)19(30)28-12-10-27(11-13-28)14-18-24-25-26-29(18)17-4-2-1-3-5-17/h1-9H,10-14H2. The second-order valence-corrected chi connectivity index (χ2v) is 6.99. The average molecular weight is 416 g/mol. The molecule has 3 aromatic rings. The first-order chi connectivity index (χ1) is 14.4. The lowest BCUT2D eigenvalue weighted by Crippen LogP contribution is -2.48. The Kier molecular flexibility index (Phi) is 5.49. The van der Waals surface area contributed by atoms with Gasteiger partial charge in [0.25, 0.3) is 5.91 Å². The second-order valence-electron chi connectivity index (χ2n) is 6.99. The number of tetrazole rings is 1. The highest BCUT2D eigenvalue weighted by molar-refractivity contribution is 5.94. The summed E-state index contributed by atoms with van der Waals surface area (Å²) >= 11 is 0. The normalized spacial score (nSPS) is 15.4. The van der Waals surface area contributed by atoms with Gasteiger partial charge in [-0.15, -0.1) is 5.10 Å². The first-order valence-corrected chi connectivity index (χ1v) is 9.43. The van der Waals surface area contributed by atoms with Crippen LogP contribution < -0.4 is 0 Å². The van der Waals surface area contributed by atoms with Crippen LogP contribution in [-0.4, -0.2) is 62.1 Å². The third-order valence-corrected chi connectivity index (χ3v) is 5.02. The highest BCUT2D eigenvalue weighted by atomic mass is 19.4. The number of carbonyl (C=O) groups excluding carboxylic acids is 1. The maximum Gasteiger partial charge on any atom is 0.416 e. The molecule has 2 aromatic carbocycles. The van der Waals surface area contributed by atoms with Gasteiger partial charge in [-0.2, -0.15) is 17.9 Å². The highest BCUT2D eigenvalue weighted by Gasteiger charge is 2.31. The number of piperazine rings is 1. The van der Waals surface area contributed by atoms with Gasteiger partial charge in [0.15, 0.2) is 5.82 Å². The molecule has 1 aromatic heterocycles. The Morgan fingerprint density at radius 2 is 1.60 bits per heavy atom. The molecule has 0 N–H and O–H groups in total. The van der Waals surface area contributed by atoms with Crippen LogP contribution in [0.4, 0.5) is 13.2 Å². The topological polar surface area (TPSA) is 67.2 Å². The lowest BCUT2D eigenvalue weighted by molar-refractivity contribution is -0.137. The van der Waals surface area contributed by atoms with Crippen molar-refractivity contribution in [2.24, 2.45) is 0 Å². The van der Waals surface area contributed by atoms with E-state index >= 15 is 0 Å². The number of benzene rings is 2. The number of halogens is 3. The van der Waals surface area contributed by atoms with Gasteiger partial charge in [-0.25, -0.2) is 0 Å².